The van der Waals surface area contributed by atoms with E-state index in [9.17, 15) is 9.18 Å². The fourth-order valence-electron chi connectivity index (χ4n) is 2.50. The molecule has 0 atom stereocenters. The molecule has 0 saturated heterocycles. The molecule has 0 unspecified atom stereocenters. The van der Waals surface area contributed by atoms with Crippen LogP contribution in [-0.4, -0.2) is 33.0 Å². The fourth-order valence-corrected chi connectivity index (χ4v) is 3.33. The molecule has 0 aliphatic heterocycles. The number of benzene rings is 1. The third-order valence-electron chi connectivity index (χ3n) is 4.02. The summed E-state index contributed by atoms with van der Waals surface area (Å²) in [6.07, 6.45) is 0.537. The van der Waals surface area contributed by atoms with Crippen LogP contribution >= 0.6 is 11.3 Å². The Labute approximate surface area is 161 Å². The summed E-state index contributed by atoms with van der Waals surface area (Å²) in [4.78, 5) is 22.7. The van der Waals surface area contributed by atoms with Gasteiger partial charge in [-0.25, -0.2) is 9.37 Å². The van der Waals surface area contributed by atoms with Crippen LogP contribution in [0.15, 0.2) is 34.2 Å². The van der Waals surface area contributed by atoms with Crippen LogP contribution in [0.5, 0.6) is 0 Å². The summed E-state index contributed by atoms with van der Waals surface area (Å²) in [7, 11) is 1.75. The Morgan fingerprint density at radius 2 is 2.07 bits per heavy atom. The van der Waals surface area contributed by atoms with Gasteiger partial charge in [0.1, 0.15) is 5.82 Å². The molecule has 2 heterocycles. The zero-order valence-corrected chi connectivity index (χ0v) is 16.3. The molecule has 0 bridgehead atoms. The Kier molecular flexibility index (Phi) is 5.95. The van der Waals surface area contributed by atoms with Gasteiger partial charge in [0.25, 0.3) is 0 Å². The lowest BCUT2D eigenvalue weighted by molar-refractivity contribution is -0.130. The van der Waals surface area contributed by atoms with E-state index in [4.69, 9.17) is 4.52 Å². The van der Waals surface area contributed by atoms with Gasteiger partial charge in [0.05, 0.1) is 22.8 Å². The van der Waals surface area contributed by atoms with Crippen LogP contribution in [0, 0.1) is 5.82 Å². The van der Waals surface area contributed by atoms with Gasteiger partial charge in [0.2, 0.25) is 17.6 Å². The van der Waals surface area contributed by atoms with E-state index in [2.05, 4.69) is 29.0 Å². The number of amides is 1. The van der Waals surface area contributed by atoms with Crippen LogP contribution in [0.1, 0.15) is 42.8 Å². The number of carbonyl (C=O) groups is 1. The minimum Gasteiger partial charge on any atom is -0.340 e. The van der Waals surface area contributed by atoms with Crippen molar-refractivity contribution >= 4 is 17.2 Å². The number of aromatic nitrogens is 3. The molecule has 0 N–H and O–H groups in total. The molecule has 0 saturated carbocycles. The molecule has 142 valence electrons. The second-order valence-electron chi connectivity index (χ2n) is 6.57. The molecular formula is C19H21FN4O2S. The molecule has 27 heavy (non-hydrogen) atoms. The number of nitrogens with zero attached hydrogens (tertiary/aromatic N) is 4. The molecule has 0 aliphatic carbocycles. The van der Waals surface area contributed by atoms with Crippen molar-refractivity contribution in [2.24, 2.45) is 0 Å². The Balaban J connectivity index is 1.55. The lowest BCUT2D eigenvalue weighted by atomic mass is 10.2. The summed E-state index contributed by atoms with van der Waals surface area (Å²) < 4.78 is 18.9. The summed E-state index contributed by atoms with van der Waals surface area (Å²) in [5, 5.41) is 6.85. The third-order valence-corrected chi connectivity index (χ3v) is 5.22. The van der Waals surface area contributed by atoms with Crippen LogP contribution < -0.4 is 0 Å². The maximum atomic E-state index is 13.8. The van der Waals surface area contributed by atoms with E-state index >= 15 is 0 Å². The summed E-state index contributed by atoms with van der Waals surface area (Å²) in [6.45, 7) is 4.65. The maximum Gasteiger partial charge on any atom is 0.227 e. The highest BCUT2D eigenvalue weighted by Crippen LogP contribution is 2.21. The Hall–Kier alpha value is -2.61. The predicted octanol–water partition coefficient (Wildman–Crippen LogP) is 4.05. The van der Waals surface area contributed by atoms with Crippen LogP contribution in [-0.2, 0) is 17.8 Å². The van der Waals surface area contributed by atoms with Gasteiger partial charge in [0, 0.05) is 31.2 Å². The lowest BCUT2D eigenvalue weighted by Gasteiger charge is -2.15. The van der Waals surface area contributed by atoms with Crippen molar-refractivity contribution in [3.8, 4) is 11.4 Å². The Morgan fingerprint density at radius 1 is 1.30 bits per heavy atom. The van der Waals surface area contributed by atoms with Gasteiger partial charge in [0.15, 0.2) is 0 Å². The van der Waals surface area contributed by atoms with Gasteiger partial charge in [-0.3, -0.25) is 4.79 Å². The number of hydrogen-bond donors (Lipinski definition) is 0. The van der Waals surface area contributed by atoms with Crippen molar-refractivity contribution in [3.05, 3.63) is 52.1 Å². The number of thiazole rings is 1. The molecule has 2 aromatic heterocycles. The summed E-state index contributed by atoms with van der Waals surface area (Å²) in [5.74, 6) is 0.425. The molecule has 8 heteroatoms. The number of hydrogen-bond acceptors (Lipinski definition) is 6. The minimum atomic E-state index is -0.412. The van der Waals surface area contributed by atoms with Crippen molar-refractivity contribution in [1.29, 1.82) is 0 Å². The van der Waals surface area contributed by atoms with Gasteiger partial charge in [-0.1, -0.05) is 31.1 Å². The summed E-state index contributed by atoms with van der Waals surface area (Å²) >= 11 is 1.61. The number of carbonyl (C=O) groups excluding carboxylic acids is 1. The highest BCUT2D eigenvalue weighted by Gasteiger charge is 2.16. The van der Waals surface area contributed by atoms with Crippen molar-refractivity contribution in [2.75, 3.05) is 7.05 Å². The minimum absolute atomic E-state index is 0.0419. The normalized spacial score (nSPS) is 11.1. The standard InChI is InChI=1S/C19H21FN4O2S/c1-12(2)19-21-13(11-27-19)10-24(3)17(25)9-8-16-22-18(23-26-16)14-6-4-5-7-15(14)20/h4-7,11-12H,8-10H2,1-3H3. The molecule has 0 radical (unpaired) electrons. The number of aryl methyl sites for hydroxylation is 1. The fraction of sp³-hybridized carbons (Fsp3) is 0.368. The summed E-state index contributed by atoms with van der Waals surface area (Å²) in [6, 6.07) is 6.23. The first-order valence-electron chi connectivity index (χ1n) is 8.69. The van der Waals surface area contributed by atoms with Gasteiger partial charge >= 0.3 is 0 Å². The second-order valence-corrected chi connectivity index (χ2v) is 7.46. The van der Waals surface area contributed by atoms with Crippen molar-refractivity contribution < 1.29 is 13.7 Å². The topological polar surface area (TPSA) is 72.1 Å². The molecular weight excluding hydrogens is 367 g/mol. The molecule has 3 rings (SSSR count). The predicted molar refractivity (Wildman–Crippen MR) is 101 cm³/mol. The molecule has 1 aromatic carbocycles. The first kappa shape index (κ1) is 19.2. The monoisotopic (exact) mass is 388 g/mol. The van der Waals surface area contributed by atoms with Crippen molar-refractivity contribution in [2.45, 2.75) is 39.2 Å². The first-order chi connectivity index (χ1) is 12.9. The highest BCUT2D eigenvalue weighted by molar-refractivity contribution is 7.09. The number of rotatable bonds is 7. The second kappa shape index (κ2) is 8.39. The van der Waals surface area contributed by atoms with Gasteiger partial charge in [-0.05, 0) is 12.1 Å². The molecule has 1 amide bonds. The van der Waals surface area contributed by atoms with E-state index in [1.807, 2.05) is 5.38 Å². The van der Waals surface area contributed by atoms with Crippen LogP contribution in [0.4, 0.5) is 4.39 Å². The van der Waals surface area contributed by atoms with E-state index in [1.165, 1.54) is 6.07 Å². The average molecular weight is 388 g/mol. The largest absolute Gasteiger partial charge is 0.340 e. The summed E-state index contributed by atoms with van der Waals surface area (Å²) in [5.41, 5.74) is 1.17. The van der Waals surface area contributed by atoms with E-state index in [1.54, 1.807) is 41.5 Å². The third kappa shape index (κ3) is 4.77. The van der Waals surface area contributed by atoms with E-state index in [0.717, 1.165) is 10.7 Å². The molecule has 6 nitrogen and oxygen atoms in total. The van der Waals surface area contributed by atoms with Gasteiger partial charge in [-0.2, -0.15) is 4.98 Å². The van der Waals surface area contributed by atoms with E-state index < -0.39 is 5.82 Å². The van der Waals surface area contributed by atoms with Crippen molar-refractivity contribution in [3.63, 3.8) is 0 Å². The number of halogens is 1. The molecule has 0 fully saturated rings. The Bertz CT molecular complexity index is 922. The average Bonchev–Trinajstić information content (AvgIpc) is 3.29. The smallest absolute Gasteiger partial charge is 0.227 e. The first-order valence-corrected chi connectivity index (χ1v) is 9.57. The molecule has 0 spiro atoms. The Morgan fingerprint density at radius 3 is 2.78 bits per heavy atom. The maximum absolute atomic E-state index is 13.8. The zero-order valence-electron chi connectivity index (χ0n) is 15.5. The van der Waals surface area contributed by atoms with E-state index in [0.29, 0.717) is 24.8 Å². The quantitative estimate of drug-likeness (QED) is 0.611. The zero-order chi connectivity index (χ0) is 19.4. The molecule has 0 aliphatic rings. The van der Waals surface area contributed by atoms with Crippen LogP contribution in [0.2, 0.25) is 0 Å². The highest BCUT2D eigenvalue weighted by atomic mass is 32.1. The van der Waals surface area contributed by atoms with Gasteiger partial charge < -0.3 is 9.42 Å². The van der Waals surface area contributed by atoms with Crippen LogP contribution in [0.3, 0.4) is 0 Å². The lowest BCUT2D eigenvalue weighted by Crippen LogP contribution is -2.26. The van der Waals surface area contributed by atoms with E-state index in [-0.39, 0.29) is 23.7 Å². The van der Waals surface area contributed by atoms with Crippen LogP contribution in [0.25, 0.3) is 11.4 Å². The van der Waals surface area contributed by atoms with Gasteiger partial charge in [-0.15, -0.1) is 11.3 Å². The molecule has 3 aromatic rings. The van der Waals surface area contributed by atoms with Crippen molar-refractivity contribution in [1.82, 2.24) is 20.0 Å². The SMILES string of the molecule is CC(C)c1nc(CN(C)C(=O)CCc2nc(-c3ccccc3F)no2)cs1.